The number of nitrogens with zero attached hydrogens (tertiary/aromatic N) is 3. The van der Waals surface area contributed by atoms with Gasteiger partial charge >= 0.3 is 5.91 Å². The summed E-state index contributed by atoms with van der Waals surface area (Å²) in [7, 11) is 0. The summed E-state index contributed by atoms with van der Waals surface area (Å²) in [5.74, 6) is -1.32. The first-order valence-electron chi connectivity index (χ1n) is 11.5. The van der Waals surface area contributed by atoms with Gasteiger partial charge in [-0.3, -0.25) is 24.4 Å². The highest BCUT2D eigenvalue weighted by atomic mass is 19.1. The highest BCUT2D eigenvalue weighted by Gasteiger charge is 2.47. The molecule has 2 amide bonds. The van der Waals surface area contributed by atoms with Crippen molar-refractivity contribution in [1.29, 1.82) is 0 Å². The maximum absolute atomic E-state index is 13.7. The van der Waals surface area contributed by atoms with Crippen LogP contribution in [0.5, 0.6) is 0 Å². The monoisotopic (exact) mass is 463 g/mol. The van der Waals surface area contributed by atoms with Crippen molar-refractivity contribution < 1.29 is 18.5 Å². The van der Waals surface area contributed by atoms with Crippen molar-refractivity contribution in [1.82, 2.24) is 14.7 Å². The molecular formula is C26H28FN4O3+. The van der Waals surface area contributed by atoms with Crippen molar-refractivity contribution in [2.24, 2.45) is 0 Å². The summed E-state index contributed by atoms with van der Waals surface area (Å²) >= 11 is 0. The second-order valence-electron chi connectivity index (χ2n) is 8.54. The molecule has 0 unspecified atom stereocenters. The van der Waals surface area contributed by atoms with E-state index in [0.717, 1.165) is 17.5 Å². The largest absolute Gasteiger partial charge is 0.326 e. The topological polar surface area (TPSA) is 79.1 Å². The minimum absolute atomic E-state index is 0.0947. The van der Waals surface area contributed by atoms with Crippen LogP contribution in [0.1, 0.15) is 49.1 Å². The molecule has 0 saturated carbocycles. The van der Waals surface area contributed by atoms with Crippen LogP contribution >= 0.6 is 0 Å². The highest BCUT2D eigenvalue weighted by molar-refractivity contribution is 6.44. The Kier molecular flexibility index (Phi) is 6.32. The summed E-state index contributed by atoms with van der Waals surface area (Å²) in [6.45, 7) is 8.01. The normalized spacial score (nSPS) is 14.0. The lowest BCUT2D eigenvalue weighted by Crippen LogP contribution is -2.40. The molecule has 1 N–H and O–H groups in total. The number of hydrogen-bond donors (Lipinski definition) is 1. The zero-order valence-electron chi connectivity index (χ0n) is 19.8. The Morgan fingerprint density at radius 2 is 1.65 bits per heavy atom. The molecule has 7 nitrogen and oxygen atoms in total. The molecule has 3 heterocycles. The van der Waals surface area contributed by atoms with E-state index in [9.17, 15) is 18.8 Å². The lowest BCUT2D eigenvalue weighted by atomic mass is 10.0. The van der Waals surface area contributed by atoms with E-state index in [4.69, 9.17) is 0 Å². The molecule has 2 aromatic heterocycles. The molecular weight excluding hydrogens is 435 g/mol. The highest BCUT2D eigenvalue weighted by Crippen LogP contribution is 2.30. The van der Waals surface area contributed by atoms with Crippen LogP contribution < -0.4 is 10.1 Å². The Hall–Kier alpha value is -3.81. The summed E-state index contributed by atoms with van der Waals surface area (Å²) in [6.07, 6.45) is 5.36. The number of aromatic amines is 1. The smallest absolute Gasteiger partial charge is 0.294 e. The molecule has 3 aromatic rings. The molecule has 1 aromatic carbocycles. The SMILES string of the molecule is CCCc1[nH]n(-c2ccc(F)cc2)c(=O)c1C1=C([n+]2ccc(C)c(C)c2)C(=O)N(CCC)C1=O. The zero-order chi connectivity index (χ0) is 24.6. The first kappa shape index (κ1) is 23.4. The van der Waals surface area contributed by atoms with E-state index < -0.39 is 23.2 Å². The van der Waals surface area contributed by atoms with Gasteiger partial charge in [0, 0.05) is 23.9 Å². The molecule has 0 spiro atoms. The van der Waals surface area contributed by atoms with Crippen LogP contribution in [0.2, 0.25) is 0 Å². The number of carbonyl (C=O) groups excluding carboxylic acids is 2. The standard InChI is InChI=1S/C26H27FN4O3/c1-5-7-20-21(25(33)31(28-20)19-10-8-18(27)9-11-19)22-23(26(34)30(13-6-2)24(22)32)29-14-12-16(3)17(4)15-29/h8-12,14-15H,5-7,13H2,1-4H3/p+1. The fourth-order valence-corrected chi connectivity index (χ4v) is 4.21. The maximum atomic E-state index is 13.7. The molecule has 4 rings (SSSR count). The molecule has 0 bridgehead atoms. The zero-order valence-corrected chi connectivity index (χ0v) is 19.8. The number of halogens is 1. The Balaban J connectivity index is 2.01. The fraction of sp³-hybridized carbons (Fsp3) is 0.308. The van der Waals surface area contributed by atoms with Crippen molar-refractivity contribution in [2.75, 3.05) is 6.54 Å². The van der Waals surface area contributed by atoms with Crippen LogP contribution in [0.15, 0.2) is 47.5 Å². The summed E-state index contributed by atoms with van der Waals surface area (Å²) in [6, 6.07) is 7.40. The van der Waals surface area contributed by atoms with Gasteiger partial charge in [0.05, 0.1) is 11.3 Å². The van der Waals surface area contributed by atoms with Crippen LogP contribution in [-0.2, 0) is 16.0 Å². The number of hydrogen-bond acceptors (Lipinski definition) is 3. The molecule has 176 valence electrons. The number of amides is 2. The van der Waals surface area contributed by atoms with E-state index in [0.29, 0.717) is 24.2 Å². The fourth-order valence-electron chi connectivity index (χ4n) is 4.21. The molecule has 0 aliphatic carbocycles. The number of pyridine rings is 1. The minimum atomic E-state index is -0.479. The summed E-state index contributed by atoms with van der Waals surface area (Å²) in [4.78, 5) is 41.9. The Morgan fingerprint density at radius 1 is 0.941 bits per heavy atom. The Labute approximate surface area is 197 Å². The third kappa shape index (κ3) is 3.89. The molecule has 0 atom stereocenters. The summed E-state index contributed by atoms with van der Waals surface area (Å²) in [5.41, 5.74) is 3.00. The lowest BCUT2D eigenvalue weighted by molar-refractivity contribution is -0.577. The Morgan fingerprint density at radius 3 is 2.26 bits per heavy atom. The number of nitrogens with one attached hydrogen (secondary N) is 1. The van der Waals surface area contributed by atoms with Gasteiger partial charge < -0.3 is 0 Å². The number of aromatic nitrogens is 3. The third-order valence-corrected chi connectivity index (χ3v) is 6.09. The molecule has 0 radical (unpaired) electrons. The van der Waals surface area contributed by atoms with Crippen molar-refractivity contribution in [3.63, 3.8) is 0 Å². The van der Waals surface area contributed by atoms with E-state index in [2.05, 4.69) is 5.10 Å². The van der Waals surface area contributed by atoms with Crippen molar-refractivity contribution in [2.45, 2.75) is 47.0 Å². The number of carbonyl (C=O) groups is 2. The van der Waals surface area contributed by atoms with Crippen LogP contribution in [-0.4, -0.2) is 33.0 Å². The number of rotatable bonds is 7. The summed E-state index contributed by atoms with van der Waals surface area (Å²) in [5, 5.41) is 3.09. The molecule has 8 heteroatoms. The van der Waals surface area contributed by atoms with Gasteiger partial charge in [0.2, 0.25) is 0 Å². The summed E-state index contributed by atoms with van der Waals surface area (Å²) < 4.78 is 16.4. The minimum Gasteiger partial charge on any atom is -0.294 e. The van der Waals surface area contributed by atoms with Crippen LogP contribution in [0, 0.1) is 19.7 Å². The van der Waals surface area contributed by atoms with E-state index in [1.165, 1.54) is 33.8 Å². The predicted molar refractivity (Wildman–Crippen MR) is 127 cm³/mol. The van der Waals surface area contributed by atoms with Gasteiger partial charge in [-0.2, -0.15) is 4.57 Å². The van der Waals surface area contributed by atoms with E-state index in [-0.39, 0.29) is 23.4 Å². The van der Waals surface area contributed by atoms with E-state index in [1.54, 1.807) is 17.0 Å². The predicted octanol–water partition coefficient (Wildman–Crippen LogP) is 3.31. The van der Waals surface area contributed by atoms with Crippen molar-refractivity contribution >= 4 is 23.1 Å². The first-order valence-corrected chi connectivity index (χ1v) is 11.5. The average Bonchev–Trinajstić information content (AvgIpc) is 3.25. The van der Waals surface area contributed by atoms with Gasteiger partial charge in [-0.25, -0.2) is 9.07 Å². The number of imide groups is 1. The van der Waals surface area contributed by atoms with Gasteiger partial charge in [0.1, 0.15) is 11.4 Å². The molecule has 1 aliphatic heterocycles. The third-order valence-electron chi connectivity index (χ3n) is 6.09. The quantitative estimate of drug-likeness (QED) is 0.431. The van der Waals surface area contributed by atoms with Crippen molar-refractivity contribution in [3.05, 3.63) is 81.3 Å². The van der Waals surface area contributed by atoms with Gasteiger partial charge in [-0.15, -0.1) is 0 Å². The number of benzene rings is 1. The lowest BCUT2D eigenvalue weighted by Gasteiger charge is -2.11. The van der Waals surface area contributed by atoms with Gasteiger partial charge in [-0.1, -0.05) is 20.3 Å². The second-order valence-corrected chi connectivity index (χ2v) is 8.54. The average molecular weight is 464 g/mol. The number of H-pyrrole nitrogens is 1. The second kappa shape index (κ2) is 9.21. The molecule has 0 fully saturated rings. The van der Waals surface area contributed by atoms with Gasteiger partial charge in [-0.05, 0) is 56.5 Å². The maximum Gasteiger partial charge on any atom is 0.326 e. The van der Waals surface area contributed by atoms with Crippen LogP contribution in [0.3, 0.4) is 0 Å². The number of aryl methyl sites for hydroxylation is 3. The van der Waals surface area contributed by atoms with Gasteiger partial charge in [0.15, 0.2) is 12.4 Å². The first-order chi connectivity index (χ1) is 16.3. The van der Waals surface area contributed by atoms with Crippen molar-refractivity contribution in [3.8, 4) is 5.69 Å². The van der Waals surface area contributed by atoms with Crippen LogP contribution in [0.25, 0.3) is 17.0 Å². The molecule has 1 aliphatic rings. The van der Waals surface area contributed by atoms with Crippen LogP contribution in [0.4, 0.5) is 4.39 Å². The van der Waals surface area contributed by atoms with E-state index >= 15 is 0 Å². The van der Waals surface area contributed by atoms with E-state index in [1.807, 2.05) is 33.8 Å². The Bertz CT molecular complexity index is 1370. The van der Waals surface area contributed by atoms with Gasteiger partial charge in [0.25, 0.3) is 17.2 Å². The molecule has 34 heavy (non-hydrogen) atoms. The molecule has 0 saturated heterocycles.